The fourth-order valence-electron chi connectivity index (χ4n) is 3.86. The Labute approximate surface area is 164 Å². The van der Waals surface area contributed by atoms with Gasteiger partial charge in [-0.3, -0.25) is 20.0 Å². The highest BCUT2D eigenvalue weighted by molar-refractivity contribution is 6.32. The number of hydrogen-bond acceptors (Lipinski definition) is 5. The van der Waals surface area contributed by atoms with Crippen molar-refractivity contribution in [2.45, 2.75) is 17.8 Å². The SMILES string of the molecule is [B]c1ccc2c(c1)C1(CN(CC(=O)Nc3ncc4cn[nH]c4n3)C2=O)CC1(F)F. The second-order valence-electron chi connectivity index (χ2n) is 7.35. The fourth-order valence-corrected chi connectivity index (χ4v) is 3.86. The van der Waals surface area contributed by atoms with Gasteiger partial charge in [0.1, 0.15) is 14.4 Å². The second-order valence-corrected chi connectivity index (χ2v) is 7.35. The van der Waals surface area contributed by atoms with E-state index < -0.39 is 29.7 Å². The Balaban J connectivity index is 1.39. The minimum Gasteiger partial charge on any atom is -0.328 e. The van der Waals surface area contributed by atoms with Crippen LogP contribution in [0.15, 0.2) is 30.6 Å². The molecule has 11 heteroatoms. The largest absolute Gasteiger partial charge is 0.328 e. The van der Waals surface area contributed by atoms with Crippen molar-refractivity contribution in [2.75, 3.05) is 18.4 Å². The molecular weight excluding hydrogens is 381 g/mol. The van der Waals surface area contributed by atoms with Crippen molar-refractivity contribution in [1.82, 2.24) is 25.1 Å². The average Bonchev–Trinajstić information content (AvgIpc) is 3.00. The maximum absolute atomic E-state index is 14.3. The van der Waals surface area contributed by atoms with Crippen molar-refractivity contribution in [2.24, 2.45) is 0 Å². The number of aromatic amines is 1. The Kier molecular flexibility index (Phi) is 3.55. The zero-order chi connectivity index (χ0) is 20.4. The van der Waals surface area contributed by atoms with Crippen molar-refractivity contribution in [1.29, 1.82) is 0 Å². The number of amides is 2. The molecule has 1 aliphatic heterocycles. The molecule has 1 saturated carbocycles. The molecule has 0 bridgehead atoms. The molecule has 8 nitrogen and oxygen atoms in total. The number of benzene rings is 1. The van der Waals surface area contributed by atoms with Crippen LogP contribution in [0.1, 0.15) is 22.3 Å². The summed E-state index contributed by atoms with van der Waals surface area (Å²) >= 11 is 0. The van der Waals surface area contributed by atoms with Gasteiger partial charge >= 0.3 is 0 Å². The summed E-state index contributed by atoms with van der Waals surface area (Å²) in [7, 11) is 5.74. The summed E-state index contributed by atoms with van der Waals surface area (Å²) in [5.41, 5.74) is -0.358. The molecule has 5 rings (SSSR count). The van der Waals surface area contributed by atoms with Crippen LogP contribution < -0.4 is 10.8 Å². The molecule has 1 aliphatic carbocycles. The topological polar surface area (TPSA) is 104 Å². The molecule has 2 radical (unpaired) electrons. The molecule has 1 fully saturated rings. The lowest BCUT2D eigenvalue weighted by molar-refractivity contribution is -0.117. The quantitative estimate of drug-likeness (QED) is 0.631. The van der Waals surface area contributed by atoms with E-state index in [1.807, 2.05) is 0 Å². The number of fused-ring (bicyclic) bond motifs is 3. The van der Waals surface area contributed by atoms with Gasteiger partial charge in [0.25, 0.3) is 11.8 Å². The monoisotopic (exact) mass is 394 g/mol. The number of anilines is 1. The highest BCUT2D eigenvalue weighted by Crippen LogP contribution is 2.63. The van der Waals surface area contributed by atoms with Crippen LogP contribution in [0.2, 0.25) is 0 Å². The van der Waals surface area contributed by atoms with Gasteiger partial charge in [-0.2, -0.15) is 10.1 Å². The molecule has 2 N–H and O–H groups in total. The lowest BCUT2D eigenvalue weighted by atomic mass is 9.81. The molecule has 2 aliphatic rings. The summed E-state index contributed by atoms with van der Waals surface area (Å²) < 4.78 is 28.6. The van der Waals surface area contributed by atoms with Gasteiger partial charge in [0.05, 0.1) is 17.0 Å². The van der Waals surface area contributed by atoms with E-state index in [9.17, 15) is 18.4 Å². The van der Waals surface area contributed by atoms with E-state index in [1.54, 1.807) is 0 Å². The molecule has 1 atom stereocenters. The van der Waals surface area contributed by atoms with E-state index in [2.05, 4.69) is 25.5 Å². The van der Waals surface area contributed by atoms with E-state index in [0.717, 1.165) is 4.90 Å². The highest BCUT2D eigenvalue weighted by Gasteiger charge is 2.74. The van der Waals surface area contributed by atoms with Crippen LogP contribution in [0.25, 0.3) is 11.0 Å². The Bertz CT molecular complexity index is 1180. The van der Waals surface area contributed by atoms with Crippen molar-refractivity contribution in [3.8, 4) is 0 Å². The van der Waals surface area contributed by atoms with E-state index >= 15 is 0 Å². The minimum absolute atomic E-state index is 0.0239. The number of H-pyrrole nitrogens is 1. The zero-order valence-electron chi connectivity index (χ0n) is 14.9. The third kappa shape index (κ3) is 2.68. The summed E-state index contributed by atoms with van der Waals surface area (Å²) in [6.07, 6.45) is 2.63. The first kappa shape index (κ1) is 17.7. The number of nitrogens with one attached hydrogen (secondary N) is 2. The number of hydrogen-bond donors (Lipinski definition) is 2. The van der Waals surface area contributed by atoms with Crippen LogP contribution in [-0.4, -0.2) is 63.7 Å². The summed E-state index contributed by atoms with van der Waals surface area (Å²) in [6, 6.07) is 4.35. The fraction of sp³-hybridized carbons (Fsp3) is 0.278. The molecule has 1 unspecified atom stereocenters. The first-order valence-corrected chi connectivity index (χ1v) is 8.82. The van der Waals surface area contributed by atoms with Gasteiger partial charge in [0.2, 0.25) is 11.9 Å². The van der Waals surface area contributed by atoms with Crippen molar-refractivity contribution in [3.05, 3.63) is 41.7 Å². The van der Waals surface area contributed by atoms with Crippen molar-refractivity contribution in [3.63, 3.8) is 0 Å². The zero-order valence-corrected chi connectivity index (χ0v) is 14.9. The summed E-state index contributed by atoms with van der Waals surface area (Å²) in [5, 5.41) is 9.62. The molecular formula is C18H13BF2N6O2. The van der Waals surface area contributed by atoms with E-state index in [-0.39, 0.29) is 30.0 Å². The Hall–Kier alpha value is -3.37. The third-order valence-electron chi connectivity index (χ3n) is 5.41. The Morgan fingerprint density at radius 1 is 1.34 bits per heavy atom. The summed E-state index contributed by atoms with van der Waals surface area (Å²) in [6.45, 7) is -0.659. The van der Waals surface area contributed by atoms with Crippen LogP contribution >= 0.6 is 0 Å². The lowest BCUT2D eigenvalue weighted by Gasteiger charge is -2.34. The Morgan fingerprint density at radius 2 is 2.14 bits per heavy atom. The number of alkyl halides is 2. The van der Waals surface area contributed by atoms with Gasteiger partial charge in [0.15, 0.2) is 5.65 Å². The van der Waals surface area contributed by atoms with E-state index in [0.29, 0.717) is 16.5 Å². The number of halogens is 2. The lowest BCUT2D eigenvalue weighted by Crippen LogP contribution is -2.49. The molecule has 0 saturated heterocycles. The van der Waals surface area contributed by atoms with Gasteiger partial charge in [-0.05, 0) is 11.6 Å². The van der Waals surface area contributed by atoms with Crippen LogP contribution in [0.4, 0.5) is 14.7 Å². The first-order valence-electron chi connectivity index (χ1n) is 8.82. The Morgan fingerprint density at radius 3 is 2.90 bits per heavy atom. The first-order chi connectivity index (χ1) is 13.8. The minimum atomic E-state index is -2.96. The van der Waals surface area contributed by atoms with Crippen molar-refractivity contribution < 1.29 is 18.4 Å². The molecule has 2 amide bonds. The summed E-state index contributed by atoms with van der Waals surface area (Å²) in [4.78, 5) is 34.5. The van der Waals surface area contributed by atoms with Crippen LogP contribution in [0, 0.1) is 0 Å². The van der Waals surface area contributed by atoms with Gasteiger partial charge in [-0.25, -0.2) is 13.8 Å². The molecule has 29 heavy (non-hydrogen) atoms. The van der Waals surface area contributed by atoms with Crippen LogP contribution in [0.5, 0.6) is 0 Å². The van der Waals surface area contributed by atoms with Gasteiger partial charge < -0.3 is 4.90 Å². The third-order valence-corrected chi connectivity index (χ3v) is 5.41. The molecule has 3 aromatic rings. The van der Waals surface area contributed by atoms with Crippen LogP contribution in [-0.2, 0) is 10.2 Å². The van der Waals surface area contributed by atoms with E-state index in [1.165, 1.54) is 30.6 Å². The standard InChI is InChI=1S/C18H13BF2N6O2/c19-10-1-2-11-12(3-10)17(7-18(17,20)21)8-27(15(11)29)6-13(28)24-16-22-4-9-5-23-26-14(9)25-16/h1-5H,6-8H2,(H2,22,23,24,25,26,28). The predicted octanol–water partition coefficient (Wildman–Crippen LogP) is 0.518. The number of aromatic nitrogens is 4. The van der Waals surface area contributed by atoms with Gasteiger partial charge in [0, 0.05) is 24.7 Å². The van der Waals surface area contributed by atoms with Crippen LogP contribution in [0.3, 0.4) is 0 Å². The average molecular weight is 394 g/mol. The normalized spacial score (nSPS) is 22.0. The molecule has 144 valence electrons. The molecule has 3 heterocycles. The number of carbonyl (C=O) groups is 2. The van der Waals surface area contributed by atoms with Crippen molar-refractivity contribution >= 4 is 42.1 Å². The molecule has 2 aromatic heterocycles. The smallest absolute Gasteiger partial charge is 0.260 e. The predicted molar refractivity (Wildman–Crippen MR) is 99.3 cm³/mol. The van der Waals surface area contributed by atoms with Gasteiger partial charge in [-0.1, -0.05) is 17.6 Å². The maximum atomic E-state index is 14.3. The maximum Gasteiger partial charge on any atom is 0.260 e. The second kappa shape index (κ2) is 5.82. The molecule has 1 aromatic carbocycles. The summed E-state index contributed by atoms with van der Waals surface area (Å²) in [5.74, 6) is -4.01. The van der Waals surface area contributed by atoms with Gasteiger partial charge in [-0.15, -0.1) is 0 Å². The number of carbonyl (C=O) groups excluding carboxylic acids is 2. The van der Waals surface area contributed by atoms with E-state index in [4.69, 9.17) is 7.85 Å². The number of nitrogens with zero attached hydrogens (tertiary/aromatic N) is 4. The highest BCUT2D eigenvalue weighted by atomic mass is 19.3. The molecule has 1 spiro atoms. The number of rotatable bonds is 3.